The molecule has 0 heterocycles. The molecular weight excluding hydrogens is 170 g/mol. The summed E-state index contributed by atoms with van der Waals surface area (Å²) in [6.07, 6.45) is 3.58. The van der Waals surface area contributed by atoms with Gasteiger partial charge in [0.25, 0.3) is 0 Å². The van der Waals surface area contributed by atoms with Crippen molar-refractivity contribution in [3.05, 3.63) is 11.6 Å². The third-order valence-electron chi connectivity index (χ3n) is 2.09. The Labute approximate surface area is 76.6 Å². The van der Waals surface area contributed by atoms with Crippen molar-refractivity contribution in [3.63, 3.8) is 0 Å². The van der Waals surface area contributed by atoms with Crippen LogP contribution >= 0.6 is 0 Å². The maximum Gasteiger partial charge on any atom is 0.331 e. The summed E-state index contributed by atoms with van der Waals surface area (Å²) in [7, 11) is 0. The van der Waals surface area contributed by atoms with Gasteiger partial charge in [0.1, 0.15) is 0 Å². The first-order valence-electron chi connectivity index (χ1n) is 4.29. The molecule has 0 aliphatic heterocycles. The normalized spacial score (nSPS) is 21.9. The maximum atomic E-state index is 10.7. The lowest BCUT2D eigenvalue weighted by molar-refractivity contribution is -0.132. The van der Waals surface area contributed by atoms with E-state index < -0.39 is 5.97 Å². The molecule has 0 spiro atoms. The molecule has 0 fully saturated rings. The van der Waals surface area contributed by atoms with Crippen LogP contribution in [0.4, 0.5) is 0 Å². The molecule has 0 aromatic heterocycles. The minimum atomic E-state index is -0.846. The summed E-state index contributed by atoms with van der Waals surface area (Å²) in [4.78, 5) is 21.2. The number of nitrogens with one attached hydrogen (secondary N) is 1. The second kappa shape index (κ2) is 4.07. The van der Waals surface area contributed by atoms with E-state index in [1.807, 2.05) is 0 Å². The van der Waals surface area contributed by atoms with Crippen molar-refractivity contribution in [1.29, 1.82) is 0 Å². The average molecular weight is 183 g/mol. The molecule has 0 radical (unpaired) electrons. The zero-order chi connectivity index (χ0) is 9.84. The Hall–Kier alpha value is -1.32. The monoisotopic (exact) mass is 183 g/mol. The van der Waals surface area contributed by atoms with E-state index in [-0.39, 0.29) is 11.9 Å². The Kier molecular flexibility index (Phi) is 3.06. The minimum absolute atomic E-state index is 0.0582. The molecule has 1 aliphatic rings. The molecule has 0 saturated carbocycles. The van der Waals surface area contributed by atoms with E-state index in [0.717, 1.165) is 6.42 Å². The summed E-state index contributed by atoms with van der Waals surface area (Å²) in [6.45, 7) is 1.47. The van der Waals surface area contributed by atoms with Crippen LogP contribution in [0.1, 0.15) is 26.2 Å². The van der Waals surface area contributed by atoms with Crippen molar-refractivity contribution in [3.8, 4) is 0 Å². The second-order valence-electron chi connectivity index (χ2n) is 3.21. The van der Waals surface area contributed by atoms with Gasteiger partial charge in [0, 0.05) is 18.5 Å². The highest BCUT2D eigenvalue weighted by molar-refractivity contribution is 5.86. The number of hydrogen-bond acceptors (Lipinski definition) is 2. The van der Waals surface area contributed by atoms with Crippen LogP contribution in [0.2, 0.25) is 0 Å². The smallest absolute Gasteiger partial charge is 0.331 e. The van der Waals surface area contributed by atoms with Gasteiger partial charge in [-0.15, -0.1) is 0 Å². The van der Waals surface area contributed by atoms with Gasteiger partial charge in [-0.3, -0.25) is 4.79 Å². The molecule has 0 unspecified atom stereocenters. The van der Waals surface area contributed by atoms with E-state index in [0.29, 0.717) is 18.4 Å². The number of carbonyl (C=O) groups is 2. The molecule has 1 amide bonds. The molecule has 1 aliphatic carbocycles. The molecule has 0 aromatic carbocycles. The van der Waals surface area contributed by atoms with Crippen molar-refractivity contribution in [2.75, 3.05) is 0 Å². The fraction of sp³-hybridized carbons (Fsp3) is 0.556. The van der Waals surface area contributed by atoms with E-state index in [9.17, 15) is 9.59 Å². The van der Waals surface area contributed by atoms with Gasteiger partial charge in [-0.2, -0.15) is 0 Å². The second-order valence-corrected chi connectivity index (χ2v) is 3.21. The van der Waals surface area contributed by atoms with E-state index in [2.05, 4.69) is 5.32 Å². The highest BCUT2D eigenvalue weighted by Gasteiger charge is 2.18. The first-order valence-corrected chi connectivity index (χ1v) is 4.29. The lowest BCUT2D eigenvalue weighted by Gasteiger charge is -2.20. The fourth-order valence-electron chi connectivity index (χ4n) is 1.45. The summed E-state index contributed by atoms with van der Waals surface area (Å²) < 4.78 is 0. The van der Waals surface area contributed by atoms with Gasteiger partial charge in [0.2, 0.25) is 5.91 Å². The van der Waals surface area contributed by atoms with E-state index >= 15 is 0 Å². The largest absolute Gasteiger partial charge is 0.478 e. The lowest BCUT2D eigenvalue weighted by Crippen LogP contribution is -2.34. The molecule has 72 valence electrons. The summed E-state index contributed by atoms with van der Waals surface area (Å²) >= 11 is 0. The quantitative estimate of drug-likeness (QED) is 0.661. The molecule has 1 rings (SSSR count). The van der Waals surface area contributed by atoms with Crippen LogP contribution in [-0.2, 0) is 9.59 Å². The molecule has 4 nitrogen and oxygen atoms in total. The van der Waals surface area contributed by atoms with E-state index in [1.54, 1.807) is 6.08 Å². The third-order valence-corrected chi connectivity index (χ3v) is 2.09. The van der Waals surface area contributed by atoms with Gasteiger partial charge in [0.15, 0.2) is 0 Å². The lowest BCUT2D eigenvalue weighted by atomic mass is 9.95. The van der Waals surface area contributed by atoms with Crippen molar-refractivity contribution in [2.45, 2.75) is 32.2 Å². The van der Waals surface area contributed by atoms with Crippen LogP contribution in [-0.4, -0.2) is 23.0 Å². The minimum Gasteiger partial charge on any atom is -0.478 e. The van der Waals surface area contributed by atoms with Gasteiger partial charge in [0.05, 0.1) is 0 Å². The van der Waals surface area contributed by atoms with Crippen molar-refractivity contribution >= 4 is 11.9 Å². The molecule has 0 bridgehead atoms. The Balaban J connectivity index is 2.46. The van der Waals surface area contributed by atoms with Crippen LogP contribution in [0.5, 0.6) is 0 Å². The predicted molar refractivity (Wildman–Crippen MR) is 47.2 cm³/mol. The number of carboxylic acids is 1. The van der Waals surface area contributed by atoms with Gasteiger partial charge in [-0.05, 0) is 19.3 Å². The van der Waals surface area contributed by atoms with Crippen molar-refractivity contribution in [2.24, 2.45) is 0 Å². The number of amides is 1. The van der Waals surface area contributed by atoms with E-state index in [1.165, 1.54) is 6.92 Å². The first kappa shape index (κ1) is 9.77. The molecule has 13 heavy (non-hydrogen) atoms. The topological polar surface area (TPSA) is 66.4 Å². The van der Waals surface area contributed by atoms with E-state index in [4.69, 9.17) is 5.11 Å². The maximum absolute atomic E-state index is 10.7. The zero-order valence-electron chi connectivity index (χ0n) is 7.54. The standard InChI is InChI=1S/C9H13NO3/c1-6(11)10-8-4-2-7(3-5-8)9(12)13/h2,8H,3-5H2,1H3,(H,10,11)(H,12,13)/t8-/m0/s1. The van der Waals surface area contributed by atoms with Crippen molar-refractivity contribution in [1.82, 2.24) is 5.32 Å². The Morgan fingerprint density at radius 1 is 1.62 bits per heavy atom. The van der Waals surface area contributed by atoms with Crippen LogP contribution in [0.15, 0.2) is 11.6 Å². The van der Waals surface area contributed by atoms with Gasteiger partial charge in [-0.1, -0.05) is 6.08 Å². The van der Waals surface area contributed by atoms with Crippen LogP contribution in [0, 0.1) is 0 Å². The summed E-state index contributed by atoms with van der Waals surface area (Å²) in [6, 6.07) is 0.112. The highest BCUT2D eigenvalue weighted by Crippen LogP contribution is 2.17. The first-order chi connectivity index (χ1) is 6.09. The average Bonchev–Trinajstić information content (AvgIpc) is 2.04. The summed E-state index contributed by atoms with van der Waals surface area (Å²) in [5.41, 5.74) is 0.460. The van der Waals surface area contributed by atoms with Crippen LogP contribution in [0.25, 0.3) is 0 Å². The number of aliphatic carboxylic acids is 1. The SMILES string of the molecule is CC(=O)N[C@H]1CC=C(C(=O)O)CC1. The zero-order valence-corrected chi connectivity index (χ0v) is 7.54. The van der Waals surface area contributed by atoms with Gasteiger partial charge in [-0.25, -0.2) is 4.79 Å². The van der Waals surface area contributed by atoms with Gasteiger partial charge < -0.3 is 10.4 Å². The number of rotatable bonds is 2. The summed E-state index contributed by atoms with van der Waals surface area (Å²) in [5.74, 6) is -0.904. The molecule has 0 saturated heterocycles. The third kappa shape index (κ3) is 2.89. The number of hydrogen-bond donors (Lipinski definition) is 2. The number of carboxylic acid groups (broad SMARTS) is 1. The molecule has 0 aromatic rings. The fourth-order valence-corrected chi connectivity index (χ4v) is 1.45. The van der Waals surface area contributed by atoms with Crippen molar-refractivity contribution < 1.29 is 14.7 Å². The Bertz CT molecular complexity index is 258. The highest BCUT2D eigenvalue weighted by atomic mass is 16.4. The Morgan fingerprint density at radius 2 is 2.31 bits per heavy atom. The van der Waals surface area contributed by atoms with Crippen LogP contribution < -0.4 is 5.32 Å². The van der Waals surface area contributed by atoms with Gasteiger partial charge >= 0.3 is 5.97 Å². The molecule has 1 atom stereocenters. The molecule has 4 heteroatoms. The molecule has 2 N–H and O–H groups in total. The molecular formula is C9H13NO3. The summed E-state index contributed by atoms with van der Waals surface area (Å²) in [5, 5.41) is 11.4. The number of carbonyl (C=O) groups excluding carboxylic acids is 1. The predicted octanol–water partition coefficient (Wildman–Crippen LogP) is 0.686. The Morgan fingerprint density at radius 3 is 2.69 bits per heavy atom. The van der Waals surface area contributed by atoms with Crippen LogP contribution in [0.3, 0.4) is 0 Å².